The summed E-state index contributed by atoms with van der Waals surface area (Å²) in [5.74, 6) is 5.17. The van der Waals surface area contributed by atoms with Gasteiger partial charge in [-0.25, -0.2) is 0 Å². The van der Waals surface area contributed by atoms with E-state index in [1.165, 1.54) is 0 Å². The fourth-order valence-corrected chi connectivity index (χ4v) is 1.01. The van der Waals surface area contributed by atoms with Crippen molar-refractivity contribution in [3.05, 3.63) is 23.8 Å². The van der Waals surface area contributed by atoms with Crippen molar-refractivity contribution in [2.24, 2.45) is 5.84 Å². The van der Waals surface area contributed by atoms with Crippen molar-refractivity contribution >= 4 is 18.3 Å². The Labute approximate surface area is 70.2 Å². The third-order valence-corrected chi connectivity index (χ3v) is 1.79. The van der Waals surface area contributed by atoms with Gasteiger partial charge in [0, 0.05) is 4.90 Å². The SMILES string of the molecule is N#Cc1cccc(NN)c1S. The molecule has 3 N–H and O–H groups in total. The normalized spacial score (nSPS) is 8.82. The van der Waals surface area contributed by atoms with Crippen LogP contribution in [0.15, 0.2) is 23.1 Å². The average Bonchev–Trinajstić information content (AvgIpc) is 2.05. The molecule has 0 atom stereocenters. The van der Waals surface area contributed by atoms with Crippen LogP contribution in [-0.4, -0.2) is 0 Å². The molecule has 11 heavy (non-hydrogen) atoms. The van der Waals surface area contributed by atoms with E-state index in [9.17, 15) is 0 Å². The second-order valence-electron chi connectivity index (χ2n) is 1.96. The molecule has 3 nitrogen and oxygen atoms in total. The largest absolute Gasteiger partial charge is 0.323 e. The smallest absolute Gasteiger partial charge is 0.100 e. The van der Waals surface area contributed by atoms with Crippen LogP contribution in [0, 0.1) is 11.3 Å². The van der Waals surface area contributed by atoms with E-state index in [4.69, 9.17) is 11.1 Å². The number of thiol groups is 1. The van der Waals surface area contributed by atoms with Gasteiger partial charge in [-0.15, -0.1) is 12.6 Å². The van der Waals surface area contributed by atoms with Crippen LogP contribution in [0.1, 0.15) is 5.56 Å². The highest BCUT2D eigenvalue weighted by atomic mass is 32.1. The molecule has 0 radical (unpaired) electrons. The van der Waals surface area contributed by atoms with E-state index in [-0.39, 0.29) is 0 Å². The molecular weight excluding hydrogens is 158 g/mol. The first kappa shape index (κ1) is 7.92. The lowest BCUT2D eigenvalue weighted by molar-refractivity contribution is 1.27. The van der Waals surface area contributed by atoms with Gasteiger partial charge in [0.25, 0.3) is 0 Å². The highest BCUT2D eigenvalue weighted by molar-refractivity contribution is 7.80. The molecule has 1 rings (SSSR count). The first-order valence-electron chi connectivity index (χ1n) is 2.98. The quantitative estimate of drug-likeness (QED) is 0.332. The zero-order chi connectivity index (χ0) is 8.27. The number of nitriles is 1. The number of hydrazine groups is 1. The number of benzene rings is 1. The summed E-state index contributed by atoms with van der Waals surface area (Å²) in [6.45, 7) is 0. The van der Waals surface area contributed by atoms with Crippen molar-refractivity contribution in [2.45, 2.75) is 4.90 Å². The van der Waals surface area contributed by atoms with Gasteiger partial charge in [-0.3, -0.25) is 5.84 Å². The van der Waals surface area contributed by atoms with Crippen molar-refractivity contribution in [3.8, 4) is 6.07 Å². The van der Waals surface area contributed by atoms with Crippen molar-refractivity contribution in [2.75, 3.05) is 5.43 Å². The van der Waals surface area contributed by atoms with E-state index in [0.29, 0.717) is 16.1 Å². The minimum atomic E-state index is 0.517. The number of hydrogen-bond acceptors (Lipinski definition) is 4. The monoisotopic (exact) mass is 165 g/mol. The van der Waals surface area contributed by atoms with Crippen LogP contribution in [0.3, 0.4) is 0 Å². The van der Waals surface area contributed by atoms with E-state index >= 15 is 0 Å². The van der Waals surface area contributed by atoms with Crippen molar-refractivity contribution in [1.29, 1.82) is 5.26 Å². The highest BCUT2D eigenvalue weighted by Crippen LogP contribution is 2.21. The zero-order valence-electron chi connectivity index (χ0n) is 5.70. The van der Waals surface area contributed by atoms with Crippen molar-refractivity contribution in [1.82, 2.24) is 0 Å². The third kappa shape index (κ3) is 1.45. The van der Waals surface area contributed by atoms with Gasteiger partial charge in [-0.2, -0.15) is 5.26 Å². The van der Waals surface area contributed by atoms with Crippen LogP contribution in [0.2, 0.25) is 0 Å². The third-order valence-electron chi connectivity index (χ3n) is 1.31. The van der Waals surface area contributed by atoms with Gasteiger partial charge in [0.1, 0.15) is 6.07 Å². The highest BCUT2D eigenvalue weighted by Gasteiger charge is 2.00. The number of nitrogen functional groups attached to an aromatic ring is 1. The molecule has 0 saturated heterocycles. The molecule has 0 fully saturated rings. The zero-order valence-corrected chi connectivity index (χ0v) is 6.60. The van der Waals surface area contributed by atoms with E-state index in [0.717, 1.165) is 0 Å². The van der Waals surface area contributed by atoms with Gasteiger partial charge < -0.3 is 5.43 Å². The Hall–Kier alpha value is -1.18. The molecule has 4 heteroatoms. The molecule has 0 aliphatic heterocycles. The molecule has 0 spiro atoms. The fourth-order valence-electron chi connectivity index (χ4n) is 0.750. The Balaban J connectivity index is 3.23. The first-order valence-corrected chi connectivity index (χ1v) is 3.43. The average molecular weight is 165 g/mol. The number of nitrogens with zero attached hydrogens (tertiary/aromatic N) is 1. The maximum Gasteiger partial charge on any atom is 0.100 e. The first-order chi connectivity index (χ1) is 5.29. The van der Waals surface area contributed by atoms with Crippen LogP contribution < -0.4 is 11.3 Å². The molecule has 0 saturated carbocycles. The van der Waals surface area contributed by atoms with Crippen molar-refractivity contribution < 1.29 is 0 Å². The van der Waals surface area contributed by atoms with Gasteiger partial charge >= 0.3 is 0 Å². The number of nitrogens with one attached hydrogen (secondary N) is 1. The predicted molar refractivity (Wildman–Crippen MR) is 46.2 cm³/mol. The van der Waals surface area contributed by atoms with E-state index in [1.807, 2.05) is 6.07 Å². The Morgan fingerprint density at radius 1 is 1.55 bits per heavy atom. The van der Waals surface area contributed by atoms with Crippen LogP contribution in [0.4, 0.5) is 5.69 Å². The minimum Gasteiger partial charge on any atom is -0.323 e. The molecule has 0 unspecified atom stereocenters. The molecule has 0 aromatic heterocycles. The maximum absolute atomic E-state index is 8.57. The molecule has 0 heterocycles. The molecule has 1 aromatic carbocycles. The Kier molecular flexibility index (Phi) is 2.36. The molecule has 1 aromatic rings. The van der Waals surface area contributed by atoms with E-state index in [1.54, 1.807) is 18.2 Å². The fraction of sp³-hybridized carbons (Fsp3) is 0. The summed E-state index contributed by atoms with van der Waals surface area (Å²) >= 11 is 4.11. The van der Waals surface area contributed by atoms with Gasteiger partial charge in [-0.1, -0.05) is 6.07 Å². The number of nitrogens with two attached hydrogens (primary N) is 1. The standard InChI is InChI=1S/C7H7N3S/c8-4-5-2-1-3-6(10-9)7(5)11/h1-3,10-11H,9H2. The second-order valence-corrected chi connectivity index (χ2v) is 2.41. The number of rotatable bonds is 1. The summed E-state index contributed by atoms with van der Waals surface area (Å²) in [6, 6.07) is 7.18. The minimum absolute atomic E-state index is 0.517. The van der Waals surface area contributed by atoms with Crippen LogP contribution >= 0.6 is 12.6 Å². The Morgan fingerprint density at radius 2 is 2.27 bits per heavy atom. The molecule has 0 amide bonds. The van der Waals surface area contributed by atoms with Crippen molar-refractivity contribution in [3.63, 3.8) is 0 Å². The van der Waals surface area contributed by atoms with Crippen LogP contribution in [0.5, 0.6) is 0 Å². The van der Waals surface area contributed by atoms with Gasteiger partial charge in [0.05, 0.1) is 11.3 Å². The number of anilines is 1. The van der Waals surface area contributed by atoms with Gasteiger partial charge in [-0.05, 0) is 12.1 Å². The van der Waals surface area contributed by atoms with Gasteiger partial charge in [0.15, 0.2) is 0 Å². The topological polar surface area (TPSA) is 61.8 Å². The summed E-state index contributed by atoms with van der Waals surface area (Å²) in [7, 11) is 0. The summed E-state index contributed by atoms with van der Waals surface area (Å²) in [5.41, 5.74) is 3.62. The molecule has 0 aliphatic carbocycles. The molecular formula is C7H7N3S. The van der Waals surface area contributed by atoms with E-state index < -0.39 is 0 Å². The van der Waals surface area contributed by atoms with Crippen LogP contribution in [-0.2, 0) is 0 Å². The lowest BCUT2D eigenvalue weighted by Crippen LogP contribution is -2.07. The molecule has 56 valence electrons. The van der Waals surface area contributed by atoms with Crippen LogP contribution in [0.25, 0.3) is 0 Å². The maximum atomic E-state index is 8.57. The lowest BCUT2D eigenvalue weighted by atomic mass is 10.2. The number of hydrogen-bond donors (Lipinski definition) is 3. The summed E-state index contributed by atoms with van der Waals surface area (Å²) in [4.78, 5) is 0.581. The summed E-state index contributed by atoms with van der Waals surface area (Å²) < 4.78 is 0. The summed E-state index contributed by atoms with van der Waals surface area (Å²) in [5, 5.41) is 8.57. The molecule has 0 aliphatic rings. The van der Waals surface area contributed by atoms with E-state index in [2.05, 4.69) is 18.1 Å². The second kappa shape index (κ2) is 3.28. The molecule has 0 bridgehead atoms. The Morgan fingerprint density at radius 3 is 2.82 bits per heavy atom. The predicted octanol–water partition coefficient (Wildman–Crippen LogP) is 1.13. The van der Waals surface area contributed by atoms with Gasteiger partial charge in [0.2, 0.25) is 0 Å². The Bertz CT molecular complexity index is 303. The summed E-state index contributed by atoms with van der Waals surface area (Å²) in [6.07, 6.45) is 0. The lowest BCUT2D eigenvalue weighted by Gasteiger charge is -2.03.